The van der Waals surface area contributed by atoms with Crippen molar-refractivity contribution in [3.8, 4) is 0 Å². The van der Waals surface area contributed by atoms with Gasteiger partial charge in [-0.3, -0.25) is 0 Å². The van der Waals surface area contributed by atoms with Crippen molar-refractivity contribution in [2.45, 2.75) is 0 Å². The number of hydrogen-bond acceptors (Lipinski definition) is 1. The lowest BCUT2D eigenvalue weighted by Crippen LogP contribution is -2.02. The molecule has 1 aromatic rings. The molecule has 0 amide bonds. The highest BCUT2D eigenvalue weighted by Crippen LogP contribution is 2.19. The van der Waals surface area contributed by atoms with Gasteiger partial charge in [0.25, 0.3) is 0 Å². The van der Waals surface area contributed by atoms with E-state index in [1.54, 1.807) is 6.07 Å². The second-order valence-electron chi connectivity index (χ2n) is 2.49. The molecule has 0 aliphatic carbocycles. The summed E-state index contributed by atoms with van der Waals surface area (Å²) in [7, 11) is 0. The first-order valence-electron chi connectivity index (χ1n) is 3.62. The van der Waals surface area contributed by atoms with E-state index in [0.29, 0.717) is 6.54 Å². The zero-order valence-corrected chi connectivity index (χ0v) is 10.5. The molecular weight excluding hydrogens is 348 g/mol. The molecule has 0 fully saturated rings. The Hall–Kier alpha value is -0.100. The van der Waals surface area contributed by atoms with Crippen molar-refractivity contribution in [1.29, 1.82) is 0 Å². The highest BCUT2D eigenvalue weighted by atomic mass is 127. The monoisotopic (exact) mass is 355 g/mol. The second kappa shape index (κ2) is 4.95. The van der Waals surface area contributed by atoms with Crippen LogP contribution >= 0.6 is 38.5 Å². The number of benzene rings is 1. The number of halogens is 3. The molecular formula is C9H8BrFIN. The van der Waals surface area contributed by atoms with E-state index in [9.17, 15) is 4.39 Å². The first-order chi connectivity index (χ1) is 6.09. The average Bonchev–Trinajstić information content (AvgIpc) is 2.02. The maximum Gasteiger partial charge on any atom is 0.124 e. The van der Waals surface area contributed by atoms with E-state index in [1.165, 1.54) is 12.1 Å². The largest absolute Gasteiger partial charge is 0.380 e. The topological polar surface area (TPSA) is 12.0 Å². The predicted octanol–water partition coefficient (Wildman–Crippen LogP) is 3.75. The fourth-order valence-electron chi connectivity index (χ4n) is 0.824. The zero-order chi connectivity index (χ0) is 9.84. The summed E-state index contributed by atoms with van der Waals surface area (Å²) in [6, 6.07) is 4.63. The van der Waals surface area contributed by atoms with Crippen LogP contribution < -0.4 is 5.32 Å². The molecule has 70 valence electrons. The molecule has 0 bridgehead atoms. The Balaban J connectivity index is 2.72. The summed E-state index contributed by atoms with van der Waals surface area (Å²) in [5.74, 6) is -0.215. The van der Waals surface area contributed by atoms with E-state index < -0.39 is 0 Å². The fraction of sp³-hybridized carbons (Fsp3) is 0.111. The van der Waals surface area contributed by atoms with Crippen LogP contribution in [-0.4, -0.2) is 6.54 Å². The molecule has 13 heavy (non-hydrogen) atoms. The third-order valence-corrected chi connectivity index (χ3v) is 2.57. The van der Waals surface area contributed by atoms with E-state index >= 15 is 0 Å². The Bertz CT molecular complexity index is 327. The van der Waals surface area contributed by atoms with Gasteiger partial charge in [-0.2, -0.15) is 0 Å². The van der Waals surface area contributed by atoms with Gasteiger partial charge in [-0.05, 0) is 40.8 Å². The molecule has 1 nitrogen and oxygen atoms in total. The number of rotatable bonds is 3. The van der Waals surface area contributed by atoms with Gasteiger partial charge >= 0.3 is 0 Å². The third kappa shape index (κ3) is 3.64. The Morgan fingerprint density at radius 1 is 1.62 bits per heavy atom. The Kier molecular flexibility index (Phi) is 4.18. The van der Waals surface area contributed by atoms with Gasteiger partial charge in [0.2, 0.25) is 0 Å². The lowest BCUT2D eigenvalue weighted by molar-refractivity contribution is 0.627. The van der Waals surface area contributed by atoms with Crippen LogP contribution in [0.1, 0.15) is 0 Å². The Labute approximate surface area is 98.7 Å². The molecule has 0 saturated carbocycles. The van der Waals surface area contributed by atoms with Crippen LogP contribution in [-0.2, 0) is 0 Å². The summed E-state index contributed by atoms with van der Waals surface area (Å²) >= 11 is 5.32. The zero-order valence-electron chi connectivity index (χ0n) is 6.78. The van der Waals surface area contributed by atoms with Gasteiger partial charge in [0, 0.05) is 20.3 Å². The molecule has 4 heteroatoms. The highest BCUT2D eigenvalue weighted by molar-refractivity contribution is 14.1. The molecule has 0 atom stereocenters. The summed E-state index contributed by atoms with van der Waals surface area (Å²) in [5.41, 5.74) is 0.919. The average molecular weight is 356 g/mol. The van der Waals surface area contributed by atoms with E-state index in [4.69, 9.17) is 0 Å². The molecule has 0 heterocycles. The normalized spacial score (nSPS) is 9.77. The maximum atomic E-state index is 12.7. The van der Waals surface area contributed by atoms with Crippen molar-refractivity contribution in [2.24, 2.45) is 0 Å². The van der Waals surface area contributed by atoms with Crippen LogP contribution in [0, 0.1) is 9.39 Å². The molecule has 1 N–H and O–H groups in total. The highest BCUT2D eigenvalue weighted by Gasteiger charge is 2.00. The van der Waals surface area contributed by atoms with E-state index in [2.05, 4.69) is 50.4 Å². The minimum atomic E-state index is -0.215. The lowest BCUT2D eigenvalue weighted by Gasteiger charge is -2.07. The lowest BCUT2D eigenvalue weighted by atomic mass is 10.3. The van der Waals surface area contributed by atoms with Crippen molar-refractivity contribution in [3.05, 3.63) is 38.6 Å². The van der Waals surface area contributed by atoms with E-state index in [-0.39, 0.29) is 5.82 Å². The standard InChI is InChI=1S/C9H8BrFIN/c1-6(10)5-13-9-3-2-7(11)4-8(9)12/h2-4,13H,1,5H2. The van der Waals surface area contributed by atoms with Crippen LogP contribution in [0.5, 0.6) is 0 Å². The van der Waals surface area contributed by atoms with Gasteiger partial charge in [0.15, 0.2) is 0 Å². The molecule has 0 unspecified atom stereocenters. The van der Waals surface area contributed by atoms with Gasteiger partial charge < -0.3 is 5.32 Å². The maximum absolute atomic E-state index is 12.7. The van der Waals surface area contributed by atoms with Gasteiger partial charge in [-0.15, -0.1) is 0 Å². The van der Waals surface area contributed by atoms with E-state index in [0.717, 1.165) is 13.7 Å². The van der Waals surface area contributed by atoms with Crippen LogP contribution in [0.4, 0.5) is 10.1 Å². The van der Waals surface area contributed by atoms with Crippen molar-refractivity contribution in [2.75, 3.05) is 11.9 Å². The van der Waals surface area contributed by atoms with Crippen molar-refractivity contribution < 1.29 is 4.39 Å². The molecule has 1 aromatic carbocycles. The molecule has 0 aliphatic rings. The fourth-order valence-corrected chi connectivity index (χ4v) is 1.63. The summed E-state index contributed by atoms with van der Waals surface area (Å²) < 4.78 is 14.4. The molecule has 0 spiro atoms. The number of nitrogens with one attached hydrogen (secondary N) is 1. The number of anilines is 1. The van der Waals surface area contributed by atoms with Gasteiger partial charge in [0.1, 0.15) is 5.82 Å². The van der Waals surface area contributed by atoms with E-state index in [1.807, 2.05) is 0 Å². The van der Waals surface area contributed by atoms with Crippen molar-refractivity contribution in [3.63, 3.8) is 0 Å². The van der Waals surface area contributed by atoms with Crippen molar-refractivity contribution >= 4 is 44.2 Å². The SMILES string of the molecule is C=C(Br)CNc1ccc(F)cc1I. The Morgan fingerprint density at radius 3 is 2.85 bits per heavy atom. The van der Waals surface area contributed by atoms with Crippen LogP contribution in [0.3, 0.4) is 0 Å². The Morgan fingerprint density at radius 2 is 2.31 bits per heavy atom. The quantitative estimate of drug-likeness (QED) is 0.814. The third-order valence-electron chi connectivity index (χ3n) is 1.40. The molecule has 0 aliphatic heterocycles. The number of hydrogen-bond donors (Lipinski definition) is 1. The van der Waals surface area contributed by atoms with Crippen LogP contribution in [0.2, 0.25) is 0 Å². The first kappa shape index (κ1) is 11.0. The summed E-state index contributed by atoms with van der Waals surface area (Å²) in [6.45, 7) is 4.34. The summed E-state index contributed by atoms with van der Waals surface area (Å²) in [5, 5.41) is 3.12. The summed E-state index contributed by atoms with van der Waals surface area (Å²) in [6.07, 6.45) is 0. The smallest absolute Gasteiger partial charge is 0.124 e. The van der Waals surface area contributed by atoms with Gasteiger partial charge in [-0.25, -0.2) is 4.39 Å². The molecule has 1 rings (SSSR count). The molecule has 0 saturated heterocycles. The summed E-state index contributed by atoms with van der Waals surface area (Å²) in [4.78, 5) is 0. The molecule has 0 aromatic heterocycles. The predicted molar refractivity (Wildman–Crippen MR) is 65.7 cm³/mol. The van der Waals surface area contributed by atoms with Gasteiger partial charge in [-0.1, -0.05) is 22.5 Å². The van der Waals surface area contributed by atoms with Gasteiger partial charge in [0.05, 0.1) is 0 Å². The van der Waals surface area contributed by atoms with Crippen LogP contribution in [0.15, 0.2) is 29.3 Å². The molecule has 0 radical (unpaired) electrons. The second-order valence-corrected chi connectivity index (χ2v) is 4.78. The van der Waals surface area contributed by atoms with Crippen molar-refractivity contribution in [1.82, 2.24) is 0 Å². The minimum absolute atomic E-state index is 0.215. The minimum Gasteiger partial charge on any atom is -0.380 e. The van der Waals surface area contributed by atoms with Crippen LogP contribution in [0.25, 0.3) is 0 Å². The first-order valence-corrected chi connectivity index (χ1v) is 5.49.